The second kappa shape index (κ2) is 8.97. The molecule has 0 aromatic heterocycles. The van der Waals surface area contributed by atoms with Gasteiger partial charge in [0.05, 0.1) is 6.04 Å². The fraction of sp³-hybridized carbons (Fsp3) is 0.562. The van der Waals surface area contributed by atoms with Crippen molar-refractivity contribution < 1.29 is 4.79 Å². The van der Waals surface area contributed by atoms with E-state index in [1.54, 1.807) is 0 Å². The van der Waals surface area contributed by atoms with Gasteiger partial charge in [0.2, 0.25) is 5.91 Å². The van der Waals surface area contributed by atoms with Crippen molar-refractivity contribution in [1.82, 2.24) is 4.90 Å². The average Bonchev–Trinajstić information content (AvgIpc) is 2.46. The number of hydrogen-bond donors (Lipinski definition) is 1. The Morgan fingerprint density at radius 1 is 1.09 bits per heavy atom. The molecule has 1 aromatic carbocycles. The van der Waals surface area contributed by atoms with Gasteiger partial charge < -0.3 is 15.5 Å². The van der Waals surface area contributed by atoms with Crippen LogP contribution in [0.25, 0.3) is 0 Å². The highest BCUT2D eigenvalue weighted by Crippen LogP contribution is 2.22. The molecular weight excluding hydrogens is 357 g/mol. The third kappa shape index (κ3) is 5.71. The summed E-state index contributed by atoms with van der Waals surface area (Å²) in [6.45, 7) is 9.07. The van der Waals surface area contributed by atoms with Gasteiger partial charge in [-0.3, -0.25) is 4.79 Å². The number of rotatable bonds is 2. The number of amides is 1. The number of benzene rings is 1. The summed E-state index contributed by atoms with van der Waals surface area (Å²) in [5.74, 6) is 0.0539. The number of carbonyl (C=O) groups is 1. The molecule has 2 N–H and O–H groups in total. The molecule has 0 radical (unpaired) electrons. The predicted octanol–water partition coefficient (Wildman–Crippen LogP) is 3.21. The van der Waals surface area contributed by atoms with Crippen LogP contribution in [0.1, 0.15) is 20.8 Å². The van der Waals surface area contributed by atoms with Crippen LogP contribution in [0.2, 0.25) is 5.02 Å². The second-order valence-electron chi connectivity index (χ2n) is 6.63. The minimum atomic E-state index is -0.445. The lowest BCUT2D eigenvalue weighted by molar-refractivity contribution is -0.135. The molecule has 132 valence electrons. The Hall–Kier alpha value is -0.680. The first kappa shape index (κ1) is 22.3. The molecule has 4 nitrogen and oxygen atoms in total. The molecule has 1 aromatic rings. The van der Waals surface area contributed by atoms with E-state index in [2.05, 4.69) is 4.90 Å². The van der Waals surface area contributed by atoms with Crippen LogP contribution in [0.5, 0.6) is 0 Å². The maximum atomic E-state index is 12.4. The molecule has 0 unspecified atom stereocenters. The first-order chi connectivity index (χ1) is 9.79. The second-order valence-corrected chi connectivity index (χ2v) is 7.07. The van der Waals surface area contributed by atoms with Crippen LogP contribution in [0.4, 0.5) is 5.69 Å². The summed E-state index contributed by atoms with van der Waals surface area (Å²) in [5.41, 5.74) is 7.01. The quantitative estimate of drug-likeness (QED) is 0.854. The summed E-state index contributed by atoms with van der Waals surface area (Å²) in [6.07, 6.45) is 0. The van der Waals surface area contributed by atoms with Gasteiger partial charge in [-0.2, -0.15) is 0 Å². The van der Waals surface area contributed by atoms with Gasteiger partial charge in [-0.15, -0.1) is 24.8 Å². The Bertz CT molecular complexity index is 494. The lowest BCUT2D eigenvalue weighted by atomic mass is 9.86. The van der Waals surface area contributed by atoms with Crippen LogP contribution in [0.3, 0.4) is 0 Å². The molecule has 2 rings (SSSR count). The molecule has 0 spiro atoms. The molecule has 1 amide bonds. The van der Waals surface area contributed by atoms with E-state index in [1.807, 2.05) is 49.9 Å². The first-order valence-electron chi connectivity index (χ1n) is 7.34. The highest BCUT2D eigenvalue weighted by Gasteiger charge is 2.32. The monoisotopic (exact) mass is 381 g/mol. The Morgan fingerprint density at radius 3 is 2.00 bits per heavy atom. The number of nitrogens with two attached hydrogens (primary N) is 1. The Labute approximate surface area is 156 Å². The normalized spacial score (nSPS) is 16.2. The maximum Gasteiger partial charge on any atom is 0.240 e. The van der Waals surface area contributed by atoms with E-state index in [0.29, 0.717) is 13.1 Å². The summed E-state index contributed by atoms with van der Waals surface area (Å²) >= 11 is 5.91. The summed E-state index contributed by atoms with van der Waals surface area (Å²) in [5, 5.41) is 0.740. The van der Waals surface area contributed by atoms with Crippen molar-refractivity contribution in [3.05, 3.63) is 29.3 Å². The maximum absolute atomic E-state index is 12.4. The molecule has 0 aliphatic carbocycles. The van der Waals surface area contributed by atoms with Crippen molar-refractivity contribution in [3.8, 4) is 0 Å². The molecule has 1 heterocycles. The lowest BCUT2D eigenvalue weighted by Gasteiger charge is -2.39. The van der Waals surface area contributed by atoms with Crippen LogP contribution in [0.15, 0.2) is 24.3 Å². The third-order valence-electron chi connectivity index (χ3n) is 3.98. The van der Waals surface area contributed by atoms with E-state index in [4.69, 9.17) is 17.3 Å². The third-order valence-corrected chi connectivity index (χ3v) is 4.23. The molecule has 23 heavy (non-hydrogen) atoms. The Morgan fingerprint density at radius 2 is 1.57 bits per heavy atom. The number of carbonyl (C=O) groups excluding carboxylic acids is 1. The zero-order valence-electron chi connectivity index (χ0n) is 13.8. The minimum absolute atomic E-state index is 0. The zero-order chi connectivity index (χ0) is 15.6. The minimum Gasteiger partial charge on any atom is -0.368 e. The van der Waals surface area contributed by atoms with Crippen LogP contribution in [0, 0.1) is 5.41 Å². The summed E-state index contributed by atoms with van der Waals surface area (Å²) in [7, 11) is 0. The van der Waals surface area contributed by atoms with Crippen LogP contribution in [-0.4, -0.2) is 43.0 Å². The van der Waals surface area contributed by atoms with Gasteiger partial charge in [-0.05, 0) is 29.7 Å². The SMILES string of the molecule is CC(C)(C)[C@H](N)C(=O)N1CCN(c2ccc(Cl)cc2)CC1.Cl.Cl. The Balaban J connectivity index is 0.00000242. The van der Waals surface area contributed by atoms with E-state index in [1.165, 1.54) is 0 Å². The van der Waals surface area contributed by atoms with Crippen molar-refractivity contribution >= 4 is 48.0 Å². The van der Waals surface area contributed by atoms with Gasteiger partial charge >= 0.3 is 0 Å². The molecule has 1 saturated heterocycles. The van der Waals surface area contributed by atoms with Crippen LogP contribution in [-0.2, 0) is 4.79 Å². The average molecular weight is 383 g/mol. The highest BCUT2D eigenvalue weighted by atomic mass is 35.5. The summed E-state index contributed by atoms with van der Waals surface area (Å²) < 4.78 is 0. The first-order valence-corrected chi connectivity index (χ1v) is 7.72. The van der Waals surface area contributed by atoms with Crippen molar-refractivity contribution in [2.75, 3.05) is 31.1 Å². The molecule has 1 fully saturated rings. The van der Waals surface area contributed by atoms with Crippen LogP contribution >= 0.6 is 36.4 Å². The highest BCUT2D eigenvalue weighted by molar-refractivity contribution is 6.30. The summed E-state index contributed by atoms with van der Waals surface area (Å²) in [6, 6.07) is 7.37. The number of anilines is 1. The molecule has 0 bridgehead atoms. The van der Waals surface area contributed by atoms with Crippen molar-refractivity contribution in [2.45, 2.75) is 26.8 Å². The standard InChI is InChI=1S/C16H24ClN3O.2ClH/c1-16(2,3)14(18)15(21)20-10-8-19(9-11-20)13-6-4-12(17)5-7-13;;/h4-7,14H,8-11,18H2,1-3H3;2*1H/t14-;;/m1../s1. The smallest absolute Gasteiger partial charge is 0.240 e. The fourth-order valence-electron chi connectivity index (χ4n) is 2.40. The molecule has 1 aliphatic rings. The van der Waals surface area contributed by atoms with Crippen molar-refractivity contribution in [3.63, 3.8) is 0 Å². The number of hydrogen-bond acceptors (Lipinski definition) is 3. The predicted molar refractivity (Wildman–Crippen MR) is 102 cm³/mol. The number of nitrogens with zero attached hydrogens (tertiary/aromatic N) is 2. The van der Waals surface area contributed by atoms with Gasteiger partial charge in [-0.1, -0.05) is 32.4 Å². The van der Waals surface area contributed by atoms with Gasteiger partial charge in [0.25, 0.3) is 0 Å². The molecule has 7 heteroatoms. The largest absolute Gasteiger partial charge is 0.368 e. The zero-order valence-corrected chi connectivity index (χ0v) is 16.2. The number of halogens is 3. The van der Waals surface area contributed by atoms with Crippen molar-refractivity contribution in [1.29, 1.82) is 0 Å². The Kier molecular flexibility index (Phi) is 8.71. The van der Waals surface area contributed by atoms with Gasteiger partial charge in [0.1, 0.15) is 0 Å². The molecular formula is C16H26Cl3N3O. The lowest BCUT2D eigenvalue weighted by Crippen LogP contribution is -2.56. The van der Waals surface area contributed by atoms with E-state index >= 15 is 0 Å². The fourth-order valence-corrected chi connectivity index (χ4v) is 2.53. The molecule has 0 saturated carbocycles. The van der Waals surface area contributed by atoms with Gasteiger partial charge in [-0.25, -0.2) is 0 Å². The van der Waals surface area contributed by atoms with Crippen LogP contribution < -0.4 is 10.6 Å². The van der Waals surface area contributed by atoms with E-state index in [-0.39, 0.29) is 36.1 Å². The van der Waals surface area contributed by atoms with Gasteiger partial charge in [0.15, 0.2) is 0 Å². The van der Waals surface area contributed by atoms with Gasteiger partial charge in [0, 0.05) is 36.9 Å². The van der Waals surface area contributed by atoms with Crippen molar-refractivity contribution in [2.24, 2.45) is 11.1 Å². The van der Waals surface area contributed by atoms with E-state index in [0.717, 1.165) is 23.8 Å². The summed E-state index contributed by atoms with van der Waals surface area (Å²) in [4.78, 5) is 16.5. The topological polar surface area (TPSA) is 49.6 Å². The van der Waals surface area contributed by atoms with E-state index < -0.39 is 6.04 Å². The number of piperazine rings is 1. The van der Waals surface area contributed by atoms with E-state index in [9.17, 15) is 4.79 Å². The molecule has 1 aliphatic heterocycles. The molecule has 1 atom stereocenters.